The molecule has 0 atom stereocenters. The summed E-state index contributed by atoms with van der Waals surface area (Å²) in [6.07, 6.45) is 0. The average Bonchev–Trinajstić information content (AvgIpc) is 2.04. The first kappa shape index (κ1) is 9.40. The fraction of sp³-hybridized carbons (Fsp3) is 0. The van der Waals surface area contributed by atoms with Gasteiger partial charge < -0.3 is 4.98 Å². The molecule has 0 aliphatic heterocycles. The van der Waals surface area contributed by atoms with E-state index in [0.717, 1.165) is 10.9 Å². The van der Waals surface area contributed by atoms with Gasteiger partial charge in [0.1, 0.15) is 0 Å². The molecule has 2 aromatic rings. The number of aromatic nitrogens is 1. The van der Waals surface area contributed by atoms with Crippen molar-refractivity contribution in [2.24, 2.45) is 0 Å². The van der Waals surface area contributed by atoms with Gasteiger partial charge >= 0.3 is 0 Å². The Morgan fingerprint density at radius 1 is 1.00 bits per heavy atom. The predicted octanol–water partition coefficient (Wildman–Crippen LogP) is 1.15. The first-order chi connectivity index (χ1) is 5.36. The van der Waals surface area contributed by atoms with Gasteiger partial charge in [0.25, 0.3) is 0 Å². The molecule has 12 heavy (non-hydrogen) atoms. The minimum absolute atomic E-state index is 0. The van der Waals surface area contributed by atoms with Crippen LogP contribution >= 0.6 is 0 Å². The van der Waals surface area contributed by atoms with Gasteiger partial charge in [-0.25, -0.2) is 0 Å². The summed E-state index contributed by atoms with van der Waals surface area (Å²) in [6, 6.07) is 11.0. The van der Waals surface area contributed by atoms with Crippen LogP contribution in [0.4, 0.5) is 0 Å². The summed E-state index contributed by atoms with van der Waals surface area (Å²) < 4.78 is 0. The maximum absolute atomic E-state index is 10.8. The molecule has 0 bridgehead atoms. The average molecular weight is 354 g/mol. The zero-order chi connectivity index (χ0) is 7.68. The van der Waals surface area contributed by atoms with Crippen LogP contribution in [0.15, 0.2) is 41.2 Å². The molecule has 0 spiro atoms. The largest absolute Gasteiger partial charge is 0.322 e. The van der Waals surface area contributed by atoms with Crippen molar-refractivity contribution >= 4 is 37.1 Å². The molecule has 0 saturated heterocycles. The molecule has 0 unspecified atom stereocenters. The van der Waals surface area contributed by atoms with E-state index < -0.39 is 0 Å². The fourth-order valence-electron chi connectivity index (χ4n) is 1.10. The van der Waals surface area contributed by atoms with Crippen LogP contribution in [-0.2, 0) is 0 Å². The van der Waals surface area contributed by atoms with Crippen LogP contribution in [0.25, 0.3) is 10.9 Å². The van der Waals surface area contributed by atoms with E-state index in [9.17, 15) is 4.79 Å². The number of H-pyrrole nitrogens is 1. The quantitative estimate of drug-likeness (QED) is 0.708. The summed E-state index contributed by atoms with van der Waals surface area (Å²) in [6.45, 7) is 0. The van der Waals surface area contributed by atoms with E-state index in [4.69, 9.17) is 0 Å². The number of hydrogen-bond donors (Lipinski definition) is 1. The molecule has 1 aromatic heterocycles. The van der Waals surface area contributed by atoms with Crippen LogP contribution in [0.3, 0.4) is 0 Å². The SMILES string of the molecule is O=c1ccc2ccccc2[nH]1.[Bi]. The Balaban J connectivity index is 0.000000720. The summed E-state index contributed by atoms with van der Waals surface area (Å²) in [7, 11) is 0. The third-order valence-electron chi connectivity index (χ3n) is 1.63. The van der Waals surface area contributed by atoms with Gasteiger partial charge in [-0.3, -0.25) is 4.79 Å². The van der Waals surface area contributed by atoms with Crippen LogP contribution in [0.5, 0.6) is 0 Å². The van der Waals surface area contributed by atoms with Crippen molar-refractivity contribution in [3.8, 4) is 0 Å². The standard InChI is InChI=1S/C9H7NO.Bi/c11-9-6-5-7-3-1-2-4-8(7)10-9;/h1-6H,(H,10,11);. The second-order valence-electron chi connectivity index (χ2n) is 2.41. The molecule has 59 valence electrons. The molecule has 0 amide bonds. The number of nitrogens with one attached hydrogen (secondary N) is 1. The maximum Gasteiger partial charge on any atom is 0.248 e. The van der Waals surface area contributed by atoms with Crippen molar-refractivity contribution in [2.75, 3.05) is 0 Å². The molecule has 1 aromatic carbocycles. The number of fused-ring (bicyclic) bond motifs is 1. The van der Waals surface area contributed by atoms with Crippen LogP contribution in [0.1, 0.15) is 0 Å². The smallest absolute Gasteiger partial charge is 0.248 e. The Morgan fingerprint density at radius 3 is 2.58 bits per heavy atom. The molecule has 0 aliphatic rings. The van der Waals surface area contributed by atoms with Crippen LogP contribution in [0.2, 0.25) is 0 Å². The van der Waals surface area contributed by atoms with Crippen molar-refractivity contribution in [1.82, 2.24) is 4.98 Å². The number of rotatable bonds is 0. The maximum atomic E-state index is 10.8. The Hall–Kier alpha value is -0.687. The fourth-order valence-corrected chi connectivity index (χ4v) is 1.10. The van der Waals surface area contributed by atoms with E-state index in [1.54, 1.807) is 0 Å². The van der Waals surface area contributed by atoms with E-state index in [-0.39, 0.29) is 31.8 Å². The van der Waals surface area contributed by atoms with E-state index in [2.05, 4.69) is 4.98 Å². The molecule has 0 fully saturated rings. The van der Waals surface area contributed by atoms with Crippen molar-refractivity contribution in [3.63, 3.8) is 0 Å². The molecular weight excluding hydrogens is 347 g/mol. The number of benzene rings is 1. The summed E-state index contributed by atoms with van der Waals surface area (Å²) in [5.41, 5.74) is 0.837. The Bertz CT molecular complexity index is 435. The number of para-hydroxylation sites is 1. The molecule has 0 aliphatic carbocycles. The summed E-state index contributed by atoms with van der Waals surface area (Å²) >= 11 is 0. The zero-order valence-corrected chi connectivity index (χ0v) is 9.80. The van der Waals surface area contributed by atoms with Crippen LogP contribution in [0, 0.1) is 0 Å². The van der Waals surface area contributed by atoms with E-state index in [1.165, 1.54) is 6.07 Å². The van der Waals surface area contributed by atoms with Gasteiger partial charge in [-0.1, -0.05) is 18.2 Å². The second kappa shape index (κ2) is 3.81. The normalized spacial score (nSPS) is 9.33. The molecule has 2 rings (SSSR count). The van der Waals surface area contributed by atoms with Crippen molar-refractivity contribution in [3.05, 3.63) is 46.8 Å². The molecule has 2 nitrogen and oxygen atoms in total. The Labute approximate surface area is 88.7 Å². The topological polar surface area (TPSA) is 32.9 Å². The summed E-state index contributed by atoms with van der Waals surface area (Å²) in [5, 5.41) is 1.06. The van der Waals surface area contributed by atoms with Gasteiger partial charge in [0.2, 0.25) is 5.56 Å². The Kier molecular flexibility index (Phi) is 2.99. The number of aromatic amines is 1. The Morgan fingerprint density at radius 2 is 1.75 bits per heavy atom. The number of hydrogen-bond acceptors (Lipinski definition) is 1. The first-order valence-electron chi connectivity index (χ1n) is 3.44. The van der Waals surface area contributed by atoms with Crippen molar-refractivity contribution in [1.29, 1.82) is 0 Å². The summed E-state index contributed by atoms with van der Waals surface area (Å²) in [4.78, 5) is 13.6. The number of pyridine rings is 1. The molecule has 3 radical (unpaired) electrons. The third-order valence-corrected chi connectivity index (χ3v) is 1.63. The molecule has 1 heterocycles. The molecule has 3 heteroatoms. The predicted molar refractivity (Wildman–Crippen MR) is 50.3 cm³/mol. The molecule has 1 N–H and O–H groups in total. The minimum Gasteiger partial charge on any atom is -0.322 e. The van der Waals surface area contributed by atoms with Crippen LogP contribution in [-0.4, -0.2) is 31.2 Å². The summed E-state index contributed by atoms with van der Waals surface area (Å²) in [5.74, 6) is 0. The third kappa shape index (κ3) is 1.73. The van der Waals surface area contributed by atoms with Gasteiger partial charge in [0, 0.05) is 37.8 Å². The van der Waals surface area contributed by atoms with E-state index in [0.29, 0.717) is 0 Å². The second-order valence-corrected chi connectivity index (χ2v) is 2.41. The van der Waals surface area contributed by atoms with Crippen LogP contribution < -0.4 is 5.56 Å². The first-order valence-corrected chi connectivity index (χ1v) is 3.44. The molecular formula is C9H7BiNO. The minimum atomic E-state index is -0.0521. The van der Waals surface area contributed by atoms with Crippen molar-refractivity contribution < 1.29 is 0 Å². The van der Waals surface area contributed by atoms with Gasteiger partial charge in [-0.15, -0.1) is 0 Å². The zero-order valence-electron chi connectivity index (χ0n) is 6.32. The van der Waals surface area contributed by atoms with Crippen molar-refractivity contribution in [2.45, 2.75) is 0 Å². The van der Waals surface area contributed by atoms with Gasteiger partial charge in [0.15, 0.2) is 0 Å². The monoisotopic (exact) mass is 354 g/mol. The van der Waals surface area contributed by atoms with E-state index in [1.807, 2.05) is 30.3 Å². The van der Waals surface area contributed by atoms with E-state index >= 15 is 0 Å². The van der Waals surface area contributed by atoms with Gasteiger partial charge in [0.05, 0.1) is 0 Å². The van der Waals surface area contributed by atoms with Gasteiger partial charge in [-0.2, -0.15) is 0 Å². The van der Waals surface area contributed by atoms with Gasteiger partial charge in [-0.05, 0) is 17.5 Å². The molecule has 0 saturated carbocycles.